The molecule has 3 aromatic carbocycles. The Bertz CT molecular complexity index is 1400. The van der Waals surface area contributed by atoms with Gasteiger partial charge in [0.05, 0.1) is 16.6 Å². The smallest absolute Gasteiger partial charge is 0.343 e. The Kier molecular flexibility index (Phi) is 12.5. The topological polar surface area (TPSA) is 110 Å². The van der Waals surface area contributed by atoms with E-state index in [1.165, 1.54) is 28.6 Å². The first kappa shape index (κ1) is 32.7. The molecule has 8 nitrogen and oxygen atoms in total. The SMILES string of the molecule is C=C[C@@H](CCC(=O)OCc1ccccc1)[C@@H](O)c1ccc(OC(=O)c2ccc(S(=O)(=O)N(CCC)CCC)cc2)cc1. The molecule has 0 aliphatic rings. The number of hydrogen-bond acceptors (Lipinski definition) is 7. The van der Waals surface area contributed by atoms with E-state index in [1.807, 2.05) is 44.2 Å². The highest BCUT2D eigenvalue weighted by Gasteiger charge is 2.24. The lowest BCUT2D eigenvalue weighted by atomic mass is 9.91. The third-order valence-electron chi connectivity index (χ3n) is 6.74. The summed E-state index contributed by atoms with van der Waals surface area (Å²) in [5.41, 5.74) is 1.69. The molecule has 0 aliphatic heterocycles. The van der Waals surface area contributed by atoms with Crippen LogP contribution in [0.3, 0.4) is 0 Å². The van der Waals surface area contributed by atoms with Crippen LogP contribution in [0.5, 0.6) is 5.75 Å². The lowest BCUT2D eigenvalue weighted by Crippen LogP contribution is -2.32. The van der Waals surface area contributed by atoms with E-state index in [0.29, 0.717) is 37.9 Å². The fourth-order valence-electron chi connectivity index (χ4n) is 4.41. The van der Waals surface area contributed by atoms with Gasteiger partial charge in [-0.2, -0.15) is 4.31 Å². The van der Waals surface area contributed by atoms with E-state index >= 15 is 0 Å². The summed E-state index contributed by atoms with van der Waals surface area (Å²) in [6.07, 6.45) is 2.59. The molecule has 0 fully saturated rings. The molecule has 0 aliphatic carbocycles. The Hall–Kier alpha value is -3.79. The second kappa shape index (κ2) is 16.0. The fourth-order valence-corrected chi connectivity index (χ4v) is 6.03. The molecular weight excluding hydrogens is 554 g/mol. The predicted octanol–water partition coefficient (Wildman–Crippen LogP) is 6.08. The van der Waals surface area contributed by atoms with Crippen LogP contribution in [-0.4, -0.2) is 42.9 Å². The zero-order valence-corrected chi connectivity index (χ0v) is 25.0. The number of carbonyl (C=O) groups excluding carboxylic acids is 2. The highest BCUT2D eigenvalue weighted by atomic mass is 32.2. The van der Waals surface area contributed by atoms with Crippen LogP contribution in [0.2, 0.25) is 0 Å². The lowest BCUT2D eigenvalue weighted by molar-refractivity contribution is -0.145. The maximum Gasteiger partial charge on any atom is 0.343 e. The quantitative estimate of drug-likeness (QED) is 0.122. The van der Waals surface area contributed by atoms with E-state index in [2.05, 4.69) is 6.58 Å². The number of sulfonamides is 1. The summed E-state index contributed by atoms with van der Waals surface area (Å²) in [5.74, 6) is -1.11. The van der Waals surface area contributed by atoms with Gasteiger partial charge in [0.2, 0.25) is 10.0 Å². The normalized spacial score (nSPS) is 12.9. The Morgan fingerprint density at radius 3 is 2.12 bits per heavy atom. The van der Waals surface area contributed by atoms with Gasteiger partial charge < -0.3 is 14.6 Å². The van der Waals surface area contributed by atoms with Crippen molar-refractivity contribution in [2.45, 2.75) is 57.1 Å². The molecule has 0 aromatic heterocycles. The Labute approximate surface area is 248 Å². The summed E-state index contributed by atoms with van der Waals surface area (Å²) in [6.45, 7) is 8.70. The number of benzene rings is 3. The number of hydrogen-bond donors (Lipinski definition) is 1. The molecule has 0 amide bonds. The molecule has 3 aromatic rings. The second-order valence-electron chi connectivity index (χ2n) is 9.92. The predicted molar refractivity (Wildman–Crippen MR) is 161 cm³/mol. The van der Waals surface area contributed by atoms with Gasteiger partial charge in [-0.25, -0.2) is 13.2 Å². The molecule has 0 heterocycles. The number of aliphatic hydroxyl groups excluding tert-OH is 1. The van der Waals surface area contributed by atoms with Crippen LogP contribution < -0.4 is 4.74 Å². The van der Waals surface area contributed by atoms with Crippen molar-refractivity contribution in [1.82, 2.24) is 4.31 Å². The molecule has 0 bridgehead atoms. The molecule has 0 radical (unpaired) electrons. The van der Waals surface area contributed by atoms with E-state index < -0.39 is 22.1 Å². The molecule has 0 saturated heterocycles. The van der Waals surface area contributed by atoms with Crippen molar-refractivity contribution in [2.24, 2.45) is 5.92 Å². The van der Waals surface area contributed by atoms with E-state index in [0.717, 1.165) is 5.56 Å². The van der Waals surface area contributed by atoms with Gasteiger partial charge in [0.15, 0.2) is 0 Å². The van der Waals surface area contributed by atoms with Gasteiger partial charge in [0, 0.05) is 25.4 Å². The zero-order valence-electron chi connectivity index (χ0n) is 24.1. The summed E-state index contributed by atoms with van der Waals surface area (Å²) < 4.78 is 38.1. The zero-order chi connectivity index (χ0) is 30.5. The maximum atomic E-state index is 13.0. The highest BCUT2D eigenvalue weighted by Crippen LogP contribution is 2.28. The average molecular weight is 594 g/mol. The highest BCUT2D eigenvalue weighted by molar-refractivity contribution is 7.89. The van der Waals surface area contributed by atoms with E-state index in [-0.39, 0.29) is 41.1 Å². The van der Waals surface area contributed by atoms with Crippen molar-refractivity contribution >= 4 is 22.0 Å². The van der Waals surface area contributed by atoms with Crippen LogP contribution in [0.4, 0.5) is 0 Å². The van der Waals surface area contributed by atoms with Crippen LogP contribution in [0.15, 0.2) is 96.4 Å². The third-order valence-corrected chi connectivity index (χ3v) is 8.65. The molecule has 0 unspecified atom stereocenters. The van der Waals surface area contributed by atoms with Gasteiger partial charge in [-0.1, -0.05) is 62.4 Å². The van der Waals surface area contributed by atoms with Gasteiger partial charge >= 0.3 is 11.9 Å². The molecule has 3 rings (SSSR count). The summed E-state index contributed by atoms with van der Waals surface area (Å²) in [4.78, 5) is 25.0. The van der Waals surface area contributed by atoms with Crippen LogP contribution in [0.25, 0.3) is 0 Å². The number of rotatable bonds is 16. The third kappa shape index (κ3) is 9.11. The molecule has 0 spiro atoms. The van der Waals surface area contributed by atoms with Crippen LogP contribution in [0, 0.1) is 5.92 Å². The van der Waals surface area contributed by atoms with Gasteiger partial charge in [0.25, 0.3) is 0 Å². The first-order valence-corrected chi connectivity index (χ1v) is 15.6. The summed E-state index contributed by atoms with van der Waals surface area (Å²) in [6, 6.07) is 21.5. The molecule has 1 N–H and O–H groups in total. The minimum atomic E-state index is -3.65. The fraction of sp³-hybridized carbons (Fsp3) is 0.333. The molecule has 0 saturated carbocycles. The van der Waals surface area contributed by atoms with Crippen LogP contribution in [0.1, 0.15) is 67.1 Å². The molecule has 2 atom stereocenters. The molecule has 9 heteroatoms. The van der Waals surface area contributed by atoms with E-state index in [9.17, 15) is 23.1 Å². The number of aliphatic hydroxyl groups is 1. The average Bonchev–Trinajstić information content (AvgIpc) is 3.01. The number of ether oxygens (including phenoxy) is 2. The lowest BCUT2D eigenvalue weighted by Gasteiger charge is -2.21. The van der Waals surface area contributed by atoms with Crippen molar-refractivity contribution in [3.63, 3.8) is 0 Å². The number of carbonyl (C=O) groups is 2. The van der Waals surface area contributed by atoms with Crippen molar-refractivity contribution in [3.05, 3.63) is 108 Å². The van der Waals surface area contributed by atoms with Crippen LogP contribution >= 0.6 is 0 Å². The molecular formula is C33H39NO7S. The summed E-state index contributed by atoms with van der Waals surface area (Å²) >= 11 is 0. The van der Waals surface area contributed by atoms with Crippen molar-refractivity contribution in [1.29, 1.82) is 0 Å². The van der Waals surface area contributed by atoms with E-state index in [1.54, 1.807) is 30.3 Å². The number of esters is 2. The Balaban J connectivity index is 1.55. The van der Waals surface area contributed by atoms with Gasteiger partial charge in [0.1, 0.15) is 12.4 Å². The standard InChI is InChI=1S/C33H39NO7S/c1-4-22-34(23-5-2)42(38,39)30-19-14-28(15-20-30)33(37)41-29-17-12-27(13-18-29)32(36)26(6-3)16-21-31(35)40-24-25-10-8-7-9-11-25/h6-15,17-20,26,32,36H,3-5,16,21-24H2,1-2H3/t26-,32+/m0/s1. The van der Waals surface area contributed by atoms with Crippen molar-refractivity contribution < 1.29 is 32.6 Å². The minimum absolute atomic E-state index is 0.125. The second-order valence-corrected chi connectivity index (χ2v) is 11.9. The first-order chi connectivity index (χ1) is 20.2. The molecule has 42 heavy (non-hydrogen) atoms. The van der Waals surface area contributed by atoms with E-state index in [4.69, 9.17) is 9.47 Å². The maximum absolute atomic E-state index is 13.0. The molecule has 224 valence electrons. The Morgan fingerprint density at radius 2 is 1.55 bits per heavy atom. The van der Waals surface area contributed by atoms with Crippen LogP contribution in [-0.2, 0) is 26.2 Å². The Morgan fingerprint density at radius 1 is 0.929 bits per heavy atom. The minimum Gasteiger partial charge on any atom is -0.461 e. The number of nitrogens with zero attached hydrogens (tertiary/aromatic N) is 1. The van der Waals surface area contributed by atoms with Crippen molar-refractivity contribution in [2.75, 3.05) is 13.1 Å². The van der Waals surface area contributed by atoms with Gasteiger partial charge in [-0.3, -0.25) is 4.79 Å². The largest absolute Gasteiger partial charge is 0.461 e. The van der Waals surface area contributed by atoms with Gasteiger partial charge in [-0.15, -0.1) is 6.58 Å². The monoisotopic (exact) mass is 593 g/mol. The van der Waals surface area contributed by atoms with Crippen molar-refractivity contribution in [3.8, 4) is 5.75 Å². The summed E-state index contributed by atoms with van der Waals surface area (Å²) in [7, 11) is -3.65. The first-order valence-electron chi connectivity index (χ1n) is 14.1. The van der Waals surface area contributed by atoms with Gasteiger partial charge in [-0.05, 0) is 66.8 Å². The summed E-state index contributed by atoms with van der Waals surface area (Å²) in [5, 5.41) is 10.9.